The number of ether oxygens (including phenoxy) is 1. The number of benzene rings is 2. The molecule has 4 nitrogen and oxygen atoms in total. The zero-order chi connectivity index (χ0) is 25.0. The van der Waals surface area contributed by atoms with Gasteiger partial charge >= 0.3 is 6.18 Å². The number of carbonyl (C=O) groups is 2. The molecule has 2 aromatic carbocycles. The van der Waals surface area contributed by atoms with Gasteiger partial charge in [-0.1, -0.05) is 49.2 Å². The second-order valence-electron chi connectivity index (χ2n) is 8.68. The molecule has 0 aliphatic carbocycles. The van der Waals surface area contributed by atoms with Crippen molar-refractivity contribution < 1.29 is 31.9 Å². The van der Waals surface area contributed by atoms with Crippen molar-refractivity contribution in [3.8, 4) is 0 Å². The van der Waals surface area contributed by atoms with Crippen LogP contribution in [0.4, 0.5) is 17.6 Å². The Labute approximate surface area is 203 Å². The zero-order valence-corrected chi connectivity index (χ0v) is 19.6. The summed E-state index contributed by atoms with van der Waals surface area (Å²) in [5, 5.41) is -1.17. The number of hydrogen-bond acceptors (Lipinski definition) is 3. The number of ketones is 1. The van der Waals surface area contributed by atoms with Gasteiger partial charge in [0, 0.05) is 11.5 Å². The molecule has 2 aromatic rings. The van der Waals surface area contributed by atoms with E-state index in [9.17, 15) is 27.2 Å². The largest absolute Gasteiger partial charge is 0.417 e. The van der Waals surface area contributed by atoms with Gasteiger partial charge in [0.2, 0.25) is 5.91 Å². The maximum absolute atomic E-state index is 13.7. The summed E-state index contributed by atoms with van der Waals surface area (Å²) in [6, 6.07) is 6.13. The number of halogens is 6. The molecule has 0 aromatic heterocycles. The molecule has 1 saturated heterocycles. The molecule has 2 aliphatic rings. The van der Waals surface area contributed by atoms with E-state index < -0.39 is 44.6 Å². The quantitative estimate of drug-likeness (QED) is 0.211. The predicted molar refractivity (Wildman–Crippen MR) is 119 cm³/mol. The van der Waals surface area contributed by atoms with Gasteiger partial charge in [-0.25, -0.2) is 4.39 Å². The maximum atomic E-state index is 13.7. The molecule has 0 atom stereocenters. The Bertz CT molecular complexity index is 1190. The summed E-state index contributed by atoms with van der Waals surface area (Å²) in [5.74, 6) is -2.06. The highest BCUT2D eigenvalue weighted by atomic mass is 35.5. The molecule has 2 heterocycles. The number of amides is 1. The Morgan fingerprint density at radius 1 is 1.09 bits per heavy atom. The average molecular weight is 516 g/mol. The van der Waals surface area contributed by atoms with E-state index in [4.69, 9.17) is 27.9 Å². The number of hydrogen-bond donors (Lipinski definition) is 0. The normalized spacial score (nSPS) is 17.2. The molecule has 180 valence electrons. The molecule has 10 heteroatoms. The Morgan fingerprint density at radius 2 is 1.71 bits per heavy atom. The first-order valence-corrected chi connectivity index (χ1v) is 11.1. The van der Waals surface area contributed by atoms with Crippen molar-refractivity contribution in [3.63, 3.8) is 0 Å². The van der Waals surface area contributed by atoms with Crippen LogP contribution >= 0.6 is 23.2 Å². The van der Waals surface area contributed by atoms with E-state index in [2.05, 4.69) is 0 Å². The van der Waals surface area contributed by atoms with Gasteiger partial charge in [-0.3, -0.25) is 9.59 Å². The summed E-state index contributed by atoms with van der Waals surface area (Å²) in [6.45, 7) is 4.57. The molecule has 4 rings (SSSR count). The first kappa shape index (κ1) is 24.7. The molecule has 0 N–H and O–H groups in total. The molecule has 2 aliphatic heterocycles. The molecule has 1 fully saturated rings. The summed E-state index contributed by atoms with van der Waals surface area (Å²) < 4.78 is 60.8. The number of carbonyl (C=O) groups excluding carboxylic acids is 2. The number of rotatable bonds is 4. The summed E-state index contributed by atoms with van der Waals surface area (Å²) >= 11 is 11.3. The number of alkyl halides is 3. The Kier molecular flexibility index (Phi) is 6.29. The topological polar surface area (TPSA) is 46.6 Å². The van der Waals surface area contributed by atoms with Gasteiger partial charge in [0.25, 0.3) is 0 Å². The van der Waals surface area contributed by atoms with Gasteiger partial charge in [0.1, 0.15) is 5.60 Å². The third-order valence-electron chi connectivity index (χ3n) is 5.96. The van der Waals surface area contributed by atoms with Crippen LogP contribution in [0.3, 0.4) is 0 Å². The first-order chi connectivity index (χ1) is 15.8. The van der Waals surface area contributed by atoms with Gasteiger partial charge in [-0.15, -0.1) is 0 Å². The van der Waals surface area contributed by atoms with Crippen molar-refractivity contribution in [2.75, 3.05) is 13.1 Å². The molecule has 0 bridgehead atoms. The Hall–Kier alpha value is -2.42. The highest BCUT2D eigenvalue weighted by Crippen LogP contribution is 2.44. The van der Waals surface area contributed by atoms with E-state index >= 15 is 0 Å². The molecular formula is C24H19Cl2F4NO3. The minimum absolute atomic E-state index is 0.0142. The molecule has 0 unspecified atom stereocenters. The van der Waals surface area contributed by atoms with E-state index in [0.29, 0.717) is 24.7 Å². The van der Waals surface area contributed by atoms with Crippen molar-refractivity contribution in [2.24, 2.45) is 5.92 Å². The van der Waals surface area contributed by atoms with Crippen molar-refractivity contribution in [3.05, 3.63) is 74.5 Å². The summed E-state index contributed by atoms with van der Waals surface area (Å²) in [6.07, 6.45) is -4.47. The fourth-order valence-electron chi connectivity index (χ4n) is 4.21. The van der Waals surface area contributed by atoms with Crippen LogP contribution in [0.15, 0.2) is 36.4 Å². The Morgan fingerprint density at radius 3 is 2.26 bits per heavy atom. The van der Waals surface area contributed by atoms with Crippen molar-refractivity contribution in [1.29, 1.82) is 0 Å². The highest BCUT2D eigenvalue weighted by molar-refractivity contribution is 6.35. The molecular weight excluding hydrogens is 497 g/mol. The lowest BCUT2D eigenvalue weighted by Crippen LogP contribution is -2.61. The van der Waals surface area contributed by atoms with Crippen molar-refractivity contribution in [1.82, 2.24) is 4.90 Å². The van der Waals surface area contributed by atoms with E-state index in [0.717, 1.165) is 17.7 Å². The van der Waals surface area contributed by atoms with Crippen LogP contribution < -0.4 is 0 Å². The van der Waals surface area contributed by atoms with E-state index in [1.165, 1.54) is 12.1 Å². The minimum Gasteiger partial charge on any atom is -0.362 e. The van der Waals surface area contributed by atoms with Crippen molar-refractivity contribution in [2.45, 2.75) is 32.2 Å². The van der Waals surface area contributed by atoms with E-state index in [1.54, 1.807) is 11.0 Å². The van der Waals surface area contributed by atoms with Gasteiger partial charge in [-0.05, 0) is 41.0 Å². The van der Waals surface area contributed by atoms with Crippen molar-refractivity contribution >= 4 is 40.5 Å². The predicted octanol–water partition coefficient (Wildman–Crippen LogP) is 6.18. The van der Waals surface area contributed by atoms with Crippen LogP contribution in [0.2, 0.25) is 10.0 Å². The lowest BCUT2D eigenvalue weighted by Gasteiger charge is -2.48. The molecule has 1 spiro atoms. The molecule has 34 heavy (non-hydrogen) atoms. The number of likely N-dealkylation sites (tertiary alicyclic amines) is 1. The lowest BCUT2D eigenvalue weighted by molar-refractivity contribution is -0.171. The van der Waals surface area contributed by atoms with Crippen LogP contribution in [0.25, 0.3) is 5.57 Å². The number of allylic oxidation sites excluding steroid dienone is 2. The summed E-state index contributed by atoms with van der Waals surface area (Å²) in [5.41, 5.74) is -0.946. The second-order valence-corrected chi connectivity index (χ2v) is 9.49. The maximum Gasteiger partial charge on any atom is 0.417 e. The molecule has 0 saturated carbocycles. The van der Waals surface area contributed by atoms with Crippen LogP contribution in [0, 0.1) is 11.7 Å². The van der Waals surface area contributed by atoms with Crippen LogP contribution in [0.1, 0.15) is 40.9 Å². The summed E-state index contributed by atoms with van der Waals surface area (Å²) in [7, 11) is 0. The minimum atomic E-state index is -4.91. The van der Waals surface area contributed by atoms with Gasteiger partial charge in [0.05, 0.1) is 35.3 Å². The van der Waals surface area contributed by atoms with Gasteiger partial charge in [-0.2, -0.15) is 13.2 Å². The lowest BCUT2D eigenvalue weighted by atomic mass is 9.84. The molecule has 1 amide bonds. The average Bonchev–Trinajstić information content (AvgIpc) is 3.11. The van der Waals surface area contributed by atoms with Crippen LogP contribution in [-0.4, -0.2) is 35.9 Å². The first-order valence-electron chi connectivity index (χ1n) is 10.4. The Balaban J connectivity index is 1.62. The van der Waals surface area contributed by atoms with Gasteiger partial charge in [0.15, 0.2) is 11.6 Å². The highest BCUT2D eigenvalue weighted by Gasteiger charge is 2.51. The molecule has 0 radical (unpaired) electrons. The van der Waals surface area contributed by atoms with E-state index in [-0.39, 0.29) is 24.0 Å². The summed E-state index contributed by atoms with van der Waals surface area (Å²) in [4.78, 5) is 26.6. The fraction of sp³-hybridized carbons (Fsp3) is 0.333. The number of nitrogens with zero attached hydrogens (tertiary/aromatic N) is 1. The van der Waals surface area contributed by atoms with Crippen LogP contribution in [0.5, 0.6) is 0 Å². The second kappa shape index (κ2) is 8.66. The fourth-order valence-corrected chi connectivity index (χ4v) is 4.70. The third kappa shape index (κ3) is 4.34. The van der Waals surface area contributed by atoms with Crippen LogP contribution in [-0.2, 0) is 21.7 Å². The third-order valence-corrected chi connectivity index (χ3v) is 6.51. The zero-order valence-electron chi connectivity index (χ0n) is 18.1. The van der Waals surface area contributed by atoms with E-state index in [1.807, 2.05) is 13.8 Å². The van der Waals surface area contributed by atoms with Gasteiger partial charge < -0.3 is 9.64 Å². The SMILES string of the molecule is CC(C)C(=O)N1CC2(C1)OCc1cc(C(=O)/C=C(\c3cc(Cl)c(F)c(Cl)c3)C(F)(F)F)ccc12. The standard InChI is InChI=1S/C24H19Cl2F4NO3/c1-12(2)22(33)31-10-23(11-31)16-4-3-13(5-15(16)9-34-23)20(32)8-17(24(28,29)30)14-6-18(25)21(27)19(26)7-14/h3-8,12H,9-11H2,1-2H3/b17-8+. The number of fused-ring (bicyclic) bond motifs is 2. The smallest absolute Gasteiger partial charge is 0.362 e. The monoisotopic (exact) mass is 515 g/mol.